The van der Waals surface area contributed by atoms with Crippen molar-refractivity contribution in [2.45, 2.75) is 25.7 Å². The Morgan fingerprint density at radius 2 is 2.10 bits per heavy atom. The molecule has 6 heteroatoms. The topological polar surface area (TPSA) is 83.1 Å². The van der Waals surface area contributed by atoms with Gasteiger partial charge in [-0.05, 0) is 50.4 Å². The van der Waals surface area contributed by atoms with Crippen LogP contribution in [0.4, 0.5) is 5.69 Å². The van der Waals surface area contributed by atoms with Crippen molar-refractivity contribution in [3.05, 3.63) is 24.5 Å². The number of amides is 2. The van der Waals surface area contributed by atoms with Crippen LogP contribution in [0.25, 0.3) is 0 Å². The van der Waals surface area contributed by atoms with Crippen molar-refractivity contribution in [1.29, 1.82) is 0 Å². The number of pyridine rings is 1. The van der Waals surface area contributed by atoms with Crippen LogP contribution in [0.5, 0.6) is 0 Å². The minimum Gasteiger partial charge on any atom is -0.347 e. The normalized spacial score (nSPS) is 15.4. The number of aromatic nitrogens is 1. The van der Waals surface area contributed by atoms with Gasteiger partial charge in [-0.15, -0.1) is 0 Å². The van der Waals surface area contributed by atoms with Gasteiger partial charge < -0.3 is 16.0 Å². The van der Waals surface area contributed by atoms with Gasteiger partial charge in [0.1, 0.15) is 0 Å². The third kappa shape index (κ3) is 5.91. The quantitative estimate of drug-likeness (QED) is 0.727. The highest BCUT2D eigenvalue weighted by molar-refractivity contribution is 5.94. The SMILES string of the molecule is O=C(CCC1CCNCC1)NCC(=O)Nc1cccnc1. The highest BCUT2D eigenvalue weighted by Gasteiger charge is 2.14. The maximum absolute atomic E-state index is 11.7. The van der Waals surface area contributed by atoms with Gasteiger partial charge in [0.25, 0.3) is 0 Å². The fourth-order valence-corrected chi connectivity index (χ4v) is 2.41. The molecule has 1 aromatic rings. The number of hydrogen-bond acceptors (Lipinski definition) is 4. The number of rotatable bonds is 6. The molecule has 2 heterocycles. The van der Waals surface area contributed by atoms with E-state index in [0.29, 0.717) is 18.0 Å². The molecule has 3 N–H and O–H groups in total. The van der Waals surface area contributed by atoms with Crippen molar-refractivity contribution in [3.8, 4) is 0 Å². The molecule has 0 unspecified atom stereocenters. The molecule has 1 saturated heterocycles. The van der Waals surface area contributed by atoms with E-state index in [1.807, 2.05) is 0 Å². The highest BCUT2D eigenvalue weighted by Crippen LogP contribution is 2.17. The average molecular weight is 290 g/mol. The monoisotopic (exact) mass is 290 g/mol. The predicted molar refractivity (Wildman–Crippen MR) is 80.7 cm³/mol. The Hall–Kier alpha value is -1.95. The number of hydrogen-bond donors (Lipinski definition) is 3. The number of nitrogens with zero attached hydrogens (tertiary/aromatic N) is 1. The molecule has 21 heavy (non-hydrogen) atoms. The van der Waals surface area contributed by atoms with Crippen molar-refractivity contribution >= 4 is 17.5 Å². The summed E-state index contributed by atoms with van der Waals surface area (Å²) in [5.74, 6) is 0.328. The number of carbonyl (C=O) groups excluding carboxylic acids is 2. The zero-order valence-corrected chi connectivity index (χ0v) is 12.1. The van der Waals surface area contributed by atoms with E-state index in [1.165, 1.54) is 0 Å². The Morgan fingerprint density at radius 1 is 1.29 bits per heavy atom. The largest absolute Gasteiger partial charge is 0.347 e. The van der Waals surface area contributed by atoms with E-state index in [0.717, 1.165) is 32.4 Å². The molecule has 2 rings (SSSR count). The van der Waals surface area contributed by atoms with Crippen LogP contribution in [0.2, 0.25) is 0 Å². The van der Waals surface area contributed by atoms with E-state index in [1.54, 1.807) is 24.5 Å². The molecule has 1 fully saturated rings. The van der Waals surface area contributed by atoms with Crippen LogP contribution >= 0.6 is 0 Å². The molecule has 0 aliphatic carbocycles. The molecule has 1 aromatic heterocycles. The Kier molecular flexibility index (Phi) is 6.15. The van der Waals surface area contributed by atoms with Crippen LogP contribution in [0.15, 0.2) is 24.5 Å². The van der Waals surface area contributed by atoms with Gasteiger partial charge in [0.2, 0.25) is 11.8 Å². The molecule has 1 aliphatic heterocycles. The smallest absolute Gasteiger partial charge is 0.243 e. The van der Waals surface area contributed by atoms with Crippen LogP contribution in [0.1, 0.15) is 25.7 Å². The molecule has 0 atom stereocenters. The van der Waals surface area contributed by atoms with Crippen molar-refractivity contribution in [2.24, 2.45) is 5.92 Å². The highest BCUT2D eigenvalue weighted by atomic mass is 16.2. The van der Waals surface area contributed by atoms with Crippen LogP contribution in [0.3, 0.4) is 0 Å². The molecule has 0 bridgehead atoms. The van der Waals surface area contributed by atoms with Crippen LogP contribution in [0, 0.1) is 5.92 Å². The number of anilines is 1. The fourth-order valence-electron chi connectivity index (χ4n) is 2.41. The van der Waals surface area contributed by atoms with E-state index in [4.69, 9.17) is 0 Å². The summed E-state index contributed by atoms with van der Waals surface area (Å²) in [6.45, 7) is 2.08. The number of piperidine rings is 1. The minimum absolute atomic E-state index is 0.0000498. The first-order valence-electron chi connectivity index (χ1n) is 7.41. The van der Waals surface area contributed by atoms with E-state index < -0.39 is 0 Å². The summed E-state index contributed by atoms with van der Waals surface area (Å²) >= 11 is 0. The molecule has 0 radical (unpaired) electrons. The lowest BCUT2D eigenvalue weighted by molar-refractivity contribution is -0.124. The summed E-state index contributed by atoms with van der Waals surface area (Å²) in [6.07, 6.45) is 6.86. The Bertz CT molecular complexity index is 458. The van der Waals surface area contributed by atoms with Crippen LogP contribution in [-0.2, 0) is 9.59 Å². The first kappa shape index (κ1) is 15.4. The van der Waals surface area contributed by atoms with Gasteiger partial charge in [-0.1, -0.05) is 0 Å². The second kappa shape index (κ2) is 8.36. The molecule has 0 spiro atoms. The lowest BCUT2D eigenvalue weighted by Crippen LogP contribution is -2.33. The second-order valence-electron chi connectivity index (χ2n) is 5.30. The Labute approximate surface area is 124 Å². The molecular formula is C15H22N4O2. The zero-order chi connectivity index (χ0) is 14.9. The van der Waals surface area contributed by atoms with Crippen LogP contribution < -0.4 is 16.0 Å². The van der Waals surface area contributed by atoms with Gasteiger partial charge in [-0.25, -0.2) is 0 Å². The van der Waals surface area contributed by atoms with Gasteiger partial charge in [-0.3, -0.25) is 14.6 Å². The third-order valence-electron chi connectivity index (χ3n) is 3.63. The standard InChI is InChI=1S/C15H22N4O2/c20-14(4-3-12-5-8-16-9-6-12)18-11-15(21)19-13-2-1-7-17-10-13/h1-2,7,10,12,16H,3-6,8-9,11H2,(H,18,20)(H,19,21). The lowest BCUT2D eigenvalue weighted by Gasteiger charge is -2.22. The van der Waals surface area contributed by atoms with Crippen LogP contribution in [-0.4, -0.2) is 36.4 Å². The number of nitrogens with one attached hydrogen (secondary N) is 3. The molecule has 114 valence electrons. The van der Waals surface area contributed by atoms with E-state index in [9.17, 15) is 9.59 Å². The minimum atomic E-state index is -0.238. The van der Waals surface area contributed by atoms with Crippen molar-refractivity contribution in [1.82, 2.24) is 15.6 Å². The number of carbonyl (C=O) groups is 2. The molecule has 2 amide bonds. The second-order valence-corrected chi connectivity index (χ2v) is 5.30. The zero-order valence-electron chi connectivity index (χ0n) is 12.1. The van der Waals surface area contributed by atoms with E-state index in [2.05, 4.69) is 20.9 Å². The maximum Gasteiger partial charge on any atom is 0.243 e. The summed E-state index contributed by atoms with van der Waals surface area (Å²) in [7, 11) is 0. The molecule has 1 aliphatic rings. The molecule has 6 nitrogen and oxygen atoms in total. The Balaban J connectivity index is 1.60. The summed E-state index contributed by atoms with van der Waals surface area (Å²) in [5.41, 5.74) is 0.631. The molecular weight excluding hydrogens is 268 g/mol. The maximum atomic E-state index is 11.7. The van der Waals surface area contributed by atoms with Gasteiger partial charge in [0.05, 0.1) is 18.4 Å². The van der Waals surface area contributed by atoms with Gasteiger partial charge in [-0.2, -0.15) is 0 Å². The first-order chi connectivity index (χ1) is 10.2. The molecule has 0 saturated carbocycles. The Morgan fingerprint density at radius 3 is 2.81 bits per heavy atom. The molecule has 0 aromatic carbocycles. The third-order valence-corrected chi connectivity index (χ3v) is 3.63. The van der Waals surface area contributed by atoms with E-state index in [-0.39, 0.29) is 18.4 Å². The average Bonchev–Trinajstić information content (AvgIpc) is 2.53. The summed E-state index contributed by atoms with van der Waals surface area (Å²) in [6, 6.07) is 3.50. The lowest BCUT2D eigenvalue weighted by atomic mass is 9.93. The summed E-state index contributed by atoms with van der Waals surface area (Å²) in [5, 5.41) is 8.64. The predicted octanol–water partition coefficient (Wildman–Crippen LogP) is 0.916. The van der Waals surface area contributed by atoms with Gasteiger partial charge in [0, 0.05) is 12.6 Å². The summed E-state index contributed by atoms with van der Waals surface area (Å²) in [4.78, 5) is 27.3. The first-order valence-corrected chi connectivity index (χ1v) is 7.41. The summed E-state index contributed by atoms with van der Waals surface area (Å²) < 4.78 is 0. The van der Waals surface area contributed by atoms with Gasteiger partial charge >= 0.3 is 0 Å². The van der Waals surface area contributed by atoms with Crippen molar-refractivity contribution in [3.63, 3.8) is 0 Å². The van der Waals surface area contributed by atoms with Gasteiger partial charge in [0.15, 0.2) is 0 Å². The van der Waals surface area contributed by atoms with Crippen molar-refractivity contribution in [2.75, 3.05) is 25.0 Å². The van der Waals surface area contributed by atoms with Crippen molar-refractivity contribution < 1.29 is 9.59 Å². The fraction of sp³-hybridized carbons (Fsp3) is 0.533. The van der Waals surface area contributed by atoms with E-state index >= 15 is 0 Å².